The summed E-state index contributed by atoms with van der Waals surface area (Å²) in [6.07, 6.45) is 4.05. The van der Waals surface area contributed by atoms with Crippen LogP contribution in [0.3, 0.4) is 0 Å². The Kier molecular flexibility index (Phi) is 4.05. The largest absolute Gasteiger partial charge is 0.480 e. The van der Waals surface area contributed by atoms with Gasteiger partial charge in [-0.15, -0.1) is 0 Å². The molecule has 0 saturated heterocycles. The van der Waals surface area contributed by atoms with Crippen LogP contribution in [0.25, 0.3) is 11.1 Å². The van der Waals surface area contributed by atoms with E-state index in [0.29, 0.717) is 6.54 Å². The fourth-order valence-corrected chi connectivity index (χ4v) is 2.65. The zero-order chi connectivity index (χ0) is 15.4. The average Bonchev–Trinajstić information content (AvgIpc) is 2.56. The van der Waals surface area contributed by atoms with Crippen molar-refractivity contribution in [1.82, 2.24) is 4.90 Å². The maximum absolute atomic E-state index is 11.0. The van der Waals surface area contributed by atoms with Crippen LogP contribution in [0.2, 0.25) is 0 Å². The van der Waals surface area contributed by atoms with Gasteiger partial charge in [0.05, 0.1) is 0 Å². The SMILES string of the molecule is O=C(O)CN1C=C(c2ccccc2)C(c2ccccc2)=CC1. The van der Waals surface area contributed by atoms with E-state index in [4.69, 9.17) is 5.11 Å². The monoisotopic (exact) mass is 291 g/mol. The number of carbonyl (C=O) groups is 1. The third-order valence-electron chi connectivity index (χ3n) is 3.64. The second-order valence-corrected chi connectivity index (χ2v) is 5.22. The molecule has 2 aromatic carbocycles. The molecule has 3 nitrogen and oxygen atoms in total. The van der Waals surface area contributed by atoms with Crippen molar-refractivity contribution >= 4 is 17.1 Å². The maximum Gasteiger partial charge on any atom is 0.323 e. The first kappa shape index (κ1) is 14.1. The van der Waals surface area contributed by atoms with Crippen LogP contribution >= 0.6 is 0 Å². The van der Waals surface area contributed by atoms with Crippen LogP contribution in [0.15, 0.2) is 72.9 Å². The molecule has 0 saturated carbocycles. The van der Waals surface area contributed by atoms with Crippen molar-refractivity contribution in [3.8, 4) is 0 Å². The van der Waals surface area contributed by atoms with Crippen LogP contribution < -0.4 is 0 Å². The molecular weight excluding hydrogens is 274 g/mol. The van der Waals surface area contributed by atoms with Gasteiger partial charge in [-0.1, -0.05) is 66.7 Å². The van der Waals surface area contributed by atoms with Gasteiger partial charge < -0.3 is 10.0 Å². The zero-order valence-electron chi connectivity index (χ0n) is 12.1. The molecule has 1 N–H and O–H groups in total. The summed E-state index contributed by atoms with van der Waals surface area (Å²) in [5.74, 6) is -0.819. The molecule has 0 spiro atoms. The lowest BCUT2D eigenvalue weighted by Gasteiger charge is -2.26. The predicted octanol–water partition coefficient (Wildman–Crippen LogP) is 3.51. The molecule has 0 bridgehead atoms. The minimum Gasteiger partial charge on any atom is -0.480 e. The van der Waals surface area contributed by atoms with E-state index in [2.05, 4.69) is 18.2 Å². The van der Waals surface area contributed by atoms with Gasteiger partial charge in [0.15, 0.2) is 0 Å². The number of benzene rings is 2. The lowest BCUT2D eigenvalue weighted by atomic mass is 9.91. The Morgan fingerprint density at radius 3 is 2.00 bits per heavy atom. The predicted molar refractivity (Wildman–Crippen MR) is 88.0 cm³/mol. The van der Waals surface area contributed by atoms with E-state index in [-0.39, 0.29) is 6.54 Å². The van der Waals surface area contributed by atoms with Crippen LogP contribution in [0.4, 0.5) is 0 Å². The fourth-order valence-electron chi connectivity index (χ4n) is 2.65. The van der Waals surface area contributed by atoms with Crippen LogP contribution in [0.1, 0.15) is 11.1 Å². The standard InChI is InChI=1S/C19H17NO2/c21-19(22)14-20-12-11-17(15-7-3-1-4-8-15)18(13-20)16-9-5-2-6-10-16/h1-11,13H,12,14H2,(H,21,22). The highest BCUT2D eigenvalue weighted by Gasteiger charge is 2.17. The minimum atomic E-state index is -0.819. The molecule has 1 aliphatic rings. The maximum atomic E-state index is 11.0. The summed E-state index contributed by atoms with van der Waals surface area (Å²) < 4.78 is 0. The molecule has 0 unspecified atom stereocenters. The molecule has 110 valence electrons. The first-order valence-corrected chi connectivity index (χ1v) is 7.23. The molecule has 0 fully saturated rings. The molecule has 0 atom stereocenters. The second-order valence-electron chi connectivity index (χ2n) is 5.22. The van der Waals surface area contributed by atoms with Crippen molar-refractivity contribution < 1.29 is 9.90 Å². The van der Waals surface area contributed by atoms with Crippen LogP contribution in [0, 0.1) is 0 Å². The van der Waals surface area contributed by atoms with E-state index in [1.165, 1.54) is 0 Å². The quantitative estimate of drug-likeness (QED) is 0.937. The Morgan fingerprint density at radius 1 is 0.909 bits per heavy atom. The van der Waals surface area contributed by atoms with Gasteiger partial charge in [0.1, 0.15) is 6.54 Å². The zero-order valence-corrected chi connectivity index (χ0v) is 12.1. The Bertz CT molecular complexity index is 718. The van der Waals surface area contributed by atoms with E-state index in [1.807, 2.05) is 59.6 Å². The second kappa shape index (κ2) is 6.31. The van der Waals surface area contributed by atoms with Gasteiger partial charge in [-0.25, -0.2) is 0 Å². The molecule has 0 aliphatic carbocycles. The molecule has 0 aromatic heterocycles. The normalized spacial score (nSPS) is 14.3. The highest BCUT2D eigenvalue weighted by atomic mass is 16.4. The molecule has 1 aliphatic heterocycles. The molecule has 0 amide bonds. The van der Waals surface area contributed by atoms with Crippen molar-refractivity contribution in [3.05, 3.63) is 84.1 Å². The fraction of sp³-hybridized carbons (Fsp3) is 0.105. The first-order chi connectivity index (χ1) is 10.7. The van der Waals surface area contributed by atoms with E-state index in [0.717, 1.165) is 22.3 Å². The van der Waals surface area contributed by atoms with Crippen molar-refractivity contribution in [1.29, 1.82) is 0 Å². The van der Waals surface area contributed by atoms with Gasteiger partial charge in [-0.3, -0.25) is 4.79 Å². The Balaban J connectivity index is 2.01. The Labute approximate surface area is 129 Å². The Hall–Kier alpha value is -2.81. The van der Waals surface area contributed by atoms with Crippen molar-refractivity contribution in [2.75, 3.05) is 13.1 Å². The number of aliphatic carboxylic acids is 1. The first-order valence-electron chi connectivity index (χ1n) is 7.23. The van der Waals surface area contributed by atoms with Gasteiger partial charge >= 0.3 is 5.97 Å². The number of carboxylic acid groups (broad SMARTS) is 1. The lowest BCUT2D eigenvalue weighted by molar-refractivity contribution is -0.137. The summed E-state index contributed by atoms with van der Waals surface area (Å²) in [5, 5.41) is 9.01. The van der Waals surface area contributed by atoms with Crippen molar-refractivity contribution in [2.24, 2.45) is 0 Å². The molecular formula is C19H17NO2. The molecule has 3 rings (SSSR count). The number of carboxylic acids is 1. The molecule has 1 heterocycles. The van der Waals surface area contributed by atoms with Crippen molar-refractivity contribution in [3.63, 3.8) is 0 Å². The number of rotatable bonds is 4. The number of hydrogen-bond donors (Lipinski definition) is 1. The van der Waals surface area contributed by atoms with Gasteiger partial charge in [0, 0.05) is 18.3 Å². The summed E-state index contributed by atoms with van der Waals surface area (Å²) in [6, 6.07) is 20.3. The van der Waals surface area contributed by atoms with Crippen LogP contribution in [-0.2, 0) is 4.79 Å². The van der Waals surface area contributed by atoms with Crippen LogP contribution in [-0.4, -0.2) is 29.1 Å². The van der Waals surface area contributed by atoms with E-state index in [9.17, 15) is 4.79 Å². The molecule has 22 heavy (non-hydrogen) atoms. The van der Waals surface area contributed by atoms with Crippen LogP contribution in [0.5, 0.6) is 0 Å². The molecule has 0 radical (unpaired) electrons. The summed E-state index contributed by atoms with van der Waals surface area (Å²) in [6.45, 7) is 0.613. The number of nitrogens with zero attached hydrogens (tertiary/aromatic N) is 1. The summed E-state index contributed by atoms with van der Waals surface area (Å²) in [5.41, 5.74) is 4.44. The molecule has 2 aromatic rings. The van der Waals surface area contributed by atoms with E-state index < -0.39 is 5.97 Å². The van der Waals surface area contributed by atoms with Gasteiger partial charge in [0.25, 0.3) is 0 Å². The third-order valence-corrected chi connectivity index (χ3v) is 3.64. The van der Waals surface area contributed by atoms with E-state index >= 15 is 0 Å². The van der Waals surface area contributed by atoms with Gasteiger partial charge in [0.2, 0.25) is 0 Å². The topological polar surface area (TPSA) is 40.5 Å². The summed E-state index contributed by atoms with van der Waals surface area (Å²) in [7, 11) is 0. The summed E-state index contributed by atoms with van der Waals surface area (Å²) in [4.78, 5) is 12.8. The van der Waals surface area contributed by atoms with Gasteiger partial charge in [-0.2, -0.15) is 0 Å². The van der Waals surface area contributed by atoms with Crippen molar-refractivity contribution in [2.45, 2.75) is 0 Å². The van der Waals surface area contributed by atoms with Gasteiger partial charge in [-0.05, 0) is 16.7 Å². The lowest BCUT2D eigenvalue weighted by Crippen LogP contribution is -2.27. The third kappa shape index (κ3) is 3.09. The average molecular weight is 291 g/mol. The highest BCUT2D eigenvalue weighted by Crippen LogP contribution is 2.33. The smallest absolute Gasteiger partial charge is 0.323 e. The Morgan fingerprint density at radius 2 is 1.45 bits per heavy atom. The summed E-state index contributed by atoms with van der Waals surface area (Å²) >= 11 is 0. The molecule has 3 heteroatoms. The number of hydrogen-bond acceptors (Lipinski definition) is 2. The minimum absolute atomic E-state index is 0.00883. The number of allylic oxidation sites excluding steroid dienone is 2. The highest BCUT2D eigenvalue weighted by molar-refractivity contribution is 6.05. The van der Waals surface area contributed by atoms with E-state index in [1.54, 1.807) is 0 Å².